The quantitative estimate of drug-likeness (QED) is 0.637. The highest BCUT2D eigenvalue weighted by Gasteiger charge is 2.20. The molecular weight excluding hydrogens is 314 g/mol. The first-order valence-corrected chi connectivity index (χ1v) is 8.89. The fraction of sp³-hybridized carbons (Fsp3) is 0.381. The van der Waals surface area contributed by atoms with Crippen LogP contribution in [0.15, 0.2) is 54.6 Å². The number of carbonyl (C=O) groups excluding carboxylic acids is 1. The van der Waals surface area contributed by atoms with E-state index in [0.717, 1.165) is 24.4 Å². The Hall–Kier alpha value is -2.33. The van der Waals surface area contributed by atoms with Crippen molar-refractivity contribution in [2.45, 2.75) is 26.9 Å². The first kappa shape index (κ1) is 19.0. The third-order valence-corrected chi connectivity index (χ3v) is 4.14. The maximum absolute atomic E-state index is 12.6. The molecule has 0 saturated heterocycles. The Labute approximate surface area is 150 Å². The van der Waals surface area contributed by atoms with E-state index in [-0.39, 0.29) is 12.1 Å². The molecule has 1 atom stereocenters. The van der Waals surface area contributed by atoms with Gasteiger partial charge in [-0.3, -0.25) is 4.90 Å². The van der Waals surface area contributed by atoms with Crippen molar-refractivity contribution in [1.29, 1.82) is 0 Å². The average molecular weight is 341 g/mol. The van der Waals surface area contributed by atoms with Crippen LogP contribution in [0.25, 0.3) is 0 Å². The molecule has 134 valence electrons. The smallest absolute Gasteiger partial charge is 0.338 e. The fourth-order valence-corrected chi connectivity index (χ4v) is 2.65. The van der Waals surface area contributed by atoms with Gasteiger partial charge in [0, 0.05) is 6.54 Å². The van der Waals surface area contributed by atoms with Crippen molar-refractivity contribution in [2.75, 3.05) is 26.2 Å². The van der Waals surface area contributed by atoms with Crippen LogP contribution in [0.3, 0.4) is 0 Å². The number of rotatable bonds is 9. The van der Waals surface area contributed by atoms with E-state index in [9.17, 15) is 4.79 Å². The number of benzene rings is 2. The van der Waals surface area contributed by atoms with Gasteiger partial charge >= 0.3 is 5.97 Å². The molecule has 2 aromatic rings. The Bertz CT molecular complexity index is 636. The van der Waals surface area contributed by atoms with Crippen LogP contribution in [0.5, 0.6) is 5.75 Å². The maximum Gasteiger partial charge on any atom is 0.338 e. The topological polar surface area (TPSA) is 38.8 Å². The summed E-state index contributed by atoms with van der Waals surface area (Å²) in [5.74, 6) is 0.436. The summed E-state index contributed by atoms with van der Waals surface area (Å²) in [5, 5.41) is 0. The lowest BCUT2D eigenvalue weighted by molar-refractivity contribution is 0.0204. The number of nitrogens with zero attached hydrogens (tertiary/aromatic N) is 1. The normalized spacial score (nSPS) is 12.0. The Kier molecular flexibility index (Phi) is 7.48. The number of ether oxygens (including phenoxy) is 2. The van der Waals surface area contributed by atoms with E-state index in [0.29, 0.717) is 18.7 Å². The second-order valence-corrected chi connectivity index (χ2v) is 5.75. The van der Waals surface area contributed by atoms with Crippen LogP contribution in [0, 0.1) is 0 Å². The van der Waals surface area contributed by atoms with Gasteiger partial charge in [-0.15, -0.1) is 0 Å². The SMILES string of the molecule is CCOc1ccc(C(=O)OC(CN(CC)CC)c2ccccc2)cc1. The number of carbonyl (C=O) groups is 1. The molecule has 25 heavy (non-hydrogen) atoms. The molecule has 0 fully saturated rings. The first-order valence-electron chi connectivity index (χ1n) is 8.89. The predicted octanol–water partition coefficient (Wildman–Crippen LogP) is 4.33. The van der Waals surface area contributed by atoms with E-state index in [1.165, 1.54) is 0 Å². The van der Waals surface area contributed by atoms with Gasteiger partial charge in [0.05, 0.1) is 12.2 Å². The van der Waals surface area contributed by atoms with Crippen LogP contribution in [0.2, 0.25) is 0 Å². The molecular formula is C21H27NO3. The molecule has 0 heterocycles. The molecule has 0 aliphatic heterocycles. The van der Waals surface area contributed by atoms with Crippen molar-refractivity contribution in [3.8, 4) is 5.75 Å². The number of hydrogen-bond acceptors (Lipinski definition) is 4. The zero-order chi connectivity index (χ0) is 18.1. The van der Waals surface area contributed by atoms with Gasteiger partial charge in [0.15, 0.2) is 0 Å². The second kappa shape index (κ2) is 9.84. The van der Waals surface area contributed by atoms with Crippen LogP contribution < -0.4 is 4.74 Å². The Morgan fingerprint density at radius 1 is 0.960 bits per heavy atom. The molecule has 1 unspecified atom stereocenters. The molecule has 2 rings (SSSR count). The van der Waals surface area contributed by atoms with Gasteiger partial charge in [-0.1, -0.05) is 44.2 Å². The van der Waals surface area contributed by atoms with Crippen molar-refractivity contribution in [3.63, 3.8) is 0 Å². The van der Waals surface area contributed by atoms with E-state index in [4.69, 9.17) is 9.47 Å². The summed E-state index contributed by atoms with van der Waals surface area (Å²) in [7, 11) is 0. The minimum Gasteiger partial charge on any atom is -0.494 e. The van der Waals surface area contributed by atoms with Gasteiger partial charge in [0.25, 0.3) is 0 Å². The third-order valence-electron chi connectivity index (χ3n) is 4.14. The standard InChI is InChI=1S/C21H27NO3/c1-4-22(5-2)16-20(17-10-8-7-9-11-17)25-21(23)18-12-14-19(15-13-18)24-6-3/h7-15,20H,4-6,16H2,1-3H3. The van der Waals surface area contributed by atoms with Crippen molar-refractivity contribution >= 4 is 5.97 Å². The zero-order valence-electron chi connectivity index (χ0n) is 15.3. The molecule has 0 aliphatic rings. The van der Waals surface area contributed by atoms with E-state index >= 15 is 0 Å². The van der Waals surface area contributed by atoms with Gasteiger partial charge in [0.2, 0.25) is 0 Å². The first-order chi connectivity index (χ1) is 12.2. The second-order valence-electron chi connectivity index (χ2n) is 5.75. The summed E-state index contributed by atoms with van der Waals surface area (Å²) in [6, 6.07) is 17.0. The van der Waals surface area contributed by atoms with Crippen LogP contribution >= 0.6 is 0 Å². The Balaban J connectivity index is 2.13. The lowest BCUT2D eigenvalue weighted by Gasteiger charge is -2.25. The molecule has 0 amide bonds. The van der Waals surface area contributed by atoms with Crippen molar-refractivity contribution < 1.29 is 14.3 Å². The minimum atomic E-state index is -0.316. The largest absolute Gasteiger partial charge is 0.494 e. The molecule has 0 spiro atoms. The summed E-state index contributed by atoms with van der Waals surface area (Å²) in [6.45, 7) is 9.27. The molecule has 4 heteroatoms. The van der Waals surface area contributed by atoms with Gasteiger partial charge in [-0.25, -0.2) is 4.79 Å². The summed E-state index contributed by atoms with van der Waals surface area (Å²) < 4.78 is 11.2. The van der Waals surface area contributed by atoms with Gasteiger partial charge in [0.1, 0.15) is 11.9 Å². The zero-order valence-corrected chi connectivity index (χ0v) is 15.3. The minimum absolute atomic E-state index is 0.292. The highest BCUT2D eigenvalue weighted by molar-refractivity contribution is 5.89. The van der Waals surface area contributed by atoms with Crippen LogP contribution in [0.4, 0.5) is 0 Å². The molecule has 0 aromatic heterocycles. The molecule has 0 saturated carbocycles. The molecule has 0 radical (unpaired) electrons. The monoisotopic (exact) mass is 341 g/mol. The van der Waals surface area contributed by atoms with E-state index in [2.05, 4.69) is 18.7 Å². The Morgan fingerprint density at radius 2 is 1.60 bits per heavy atom. The van der Waals surface area contributed by atoms with Crippen LogP contribution in [-0.2, 0) is 4.74 Å². The van der Waals surface area contributed by atoms with Crippen LogP contribution in [-0.4, -0.2) is 37.1 Å². The number of hydrogen-bond donors (Lipinski definition) is 0. The van der Waals surface area contributed by atoms with Gasteiger partial charge in [-0.05, 0) is 49.8 Å². The molecule has 0 bridgehead atoms. The van der Waals surface area contributed by atoms with Crippen molar-refractivity contribution in [3.05, 3.63) is 65.7 Å². The summed E-state index contributed by atoms with van der Waals surface area (Å²) >= 11 is 0. The lowest BCUT2D eigenvalue weighted by Crippen LogP contribution is -2.30. The van der Waals surface area contributed by atoms with Crippen LogP contribution in [0.1, 0.15) is 42.8 Å². The van der Waals surface area contributed by atoms with Gasteiger partial charge in [-0.2, -0.15) is 0 Å². The third kappa shape index (κ3) is 5.61. The lowest BCUT2D eigenvalue weighted by atomic mass is 10.1. The van der Waals surface area contributed by atoms with Crippen molar-refractivity contribution in [2.24, 2.45) is 0 Å². The molecule has 0 aliphatic carbocycles. The van der Waals surface area contributed by atoms with E-state index < -0.39 is 0 Å². The fourth-order valence-electron chi connectivity index (χ4n) is 2.65. The summed E-state index contributed by atoms with van der Waals surface area (Å²) in [4.78, 5) is 14.8. The number of likely N-dealkylation sites (N-methyl/N-ethyl adjacent to an activating group) is 1. The highest BCUT2D eigenvalue weighted by Crippen LogP contribution is 2.21. The Morgan fingerprint density at radius 3 is 2.16 bits per heavy atom. The predicted molar refractivity (Wildman–Crippen MR) is 100.0 cm³/mol. The van der Waals surface area contributed by atoms with Crippen molar-refractivity contribution in [1.82, 2.24) is 4.90 Å². The maximum atomic E-state index is 12.6. The molecule has 0 N–H and O–H groups in total. The van der Waals surface area contributed by atoms with E-state index in [1.54, 1.807) is 24.3 Å². The number of esters is 1. The highest BCUT2D eigenvalue weighted by atomic mass is 16.5. The molecule has 4 nitrogen and oxygen atoms in total. The average Bonchev–Trinajstić information content (AvgIpc) is 2.66. The summed E-state index contributed by atoms with van der Waals surface area (Å²) in [6.07, 6.45) is -0.292. The van der Waals surface area contributed by atoms with E-state index in [1.807, 2.05) is 37.3 Å². The molecule has 2 aromatic carbocycles. The summed E-state index contributed by atoms with van der Waals surface area (Å²) in [5.41, 5.74) is 1.54. The van der Waals surface area contributed by atoms with Gasteiger partial charge < -0.3 is 9.47 Å².